The van der Waals surface area contributed by atoms with Crippen molar-refractivity contribution in [1.29, 1.82) is 0 Å². The van der Waals surface area contributed by atoms with Crippen LogP contribution in [-0.4, -0.2) is 50.5 Å². The Morgan fingerprint density at radius 1 is 0.907 bits per heavy atom. The molecule has 0 fully saturated rings. The highest BCUT2D eigenvalue weighted by molar-refractivity contribution is 7.92. The summed E-state index contributed by atoms with van der Waals surface area (Å²) in [4.78, 5) is 29.2. The number of carbonyl (C=O) groups is 2. The molecule has 0 bridgehead atoms. The van der Waals surface area contributed by atoms with E-state index in [4.69, 9.17) is 23.2 Å². The van der Waals surface area contributed by atoms with Crippen molar-refractivity contribution in [1.82, 2.24) is 10.2 Å². The minimum absolute atomic E-state index is 0.0203. The van der Waals surface area contributed by atoms with Gasteiger partial charge in [-0.2, -0.15) is 0 Å². The lowest BCUT2D eigenvalue weighted by Crippen LogP contribution is -2.50. The van der Waals surface area contributed by atoms with E-state index >= 15 is 0 Å². The third-order valence-corrected chi connectivity index (χ3v) is 9.38. The highest BCUT2D eigenvalue weighted by Crippen LogP contribution is 2.29. The Kier molecular flexibility index (Phi) is 12.9. The summed E-state index contributed by atoms with van der Waals surface area (Å²) in [6.07, 6.45) is 3.46. The summed E-state index contributed by atoms with van der Waals surface area (Å²) in [6, 6.07) is 19.4. The number of unbranched alkanes of at least 4 members (excludes halogenated alkanes) is 1. The monoisotopic (exact) mass is 645 g/mol. The molecule has 1 N–H and O–H groups in total. The third kappa shape index (κ3) is 9.71. The van der Waals surface area contributed by atoms with E-state index in [1.165, 1.54) is 15.5 Å². The van der Waals surface area contributed by atoms with E-state index in [1.807, 2.05) is 63.2 Å². The Balaban J connectivity index is 1.93. The van der Waals surface area contributed by atoms with Gasteiger partial charge >= 0.3 is 0 Å². The lowest BCUT2D eigenvalue weighted by atomic mass is 10.0. The van der Waals surface area contributed by atoms with Gasteiger partial charge in [-0.25, -0.2) is 8.42 Å². The Hall–Kier alpha value is -3.07. The van der Waals surface area contributed by atoms with Gasteiger partial charge in [0.05, 0.1) is 11.9 Å². The second kappa shape index (κ2) is 16.1. The molecule has 0 aliphatic heterocycles. The topological polar surface area (TPSA) is 86.8 Å². The van der Waals surface area contributed by atoms with E-state index in [1.54, 1.807) is 24.3 Å². The molecule has 3 aromatic carbocycles. The maximum absolute atomic E-state index is 14.0. The number of halogens is 2. The van der Waals surface area contributed by atoms with Gasteiger partial charge in [-0.05, 0) is 61.6 Å². The fourth-order valence-corrected chi connectivity index (χ4v) is 6.43. The molecule has 7 nitrogen and oxygen atoms in total. The highest BCUT2D eigenvalue weighted by Gasteiger charge is 2.31. The van der Waals surface area contributed by atoms with Crippen LogP contribution in [0.2, 0.25) is 10.0 Å². The van der Waals surface area contributed by atoms with Crippen LogP contribution in [0.1, 0.15) is 54.9 Å². The van der Waals surface area contributed by atoms with Crippen LogP contribution in [0.15, 0.2) is 66.7 Å². The number of sulfonamides is 1. The summed E-state index contributed by atoms with van der Waals surface area (Å²) in [5, 5.41) is 3.79. The molecule has 2 amide bonds. The normalized spacial score (nSPS) is 12.0. The van der Waals surface area contributed by atoms with Crippen molar-refractivity contribution in [3.63, 3.8) is 0 Å². The largest absolute Gasteiger partial charge is 0.354 e. The molecule has 3 aromatic rings. The molecule has 1 atom stereocenters. The van der Waals surface area contributed by atoms with Crippen LogP contribution in [0.25, 0.3) is 0 Å². The van der Waals surface area contributed by atoms with Crippen LogP contribution in [0.4, 0.5) is 5.69 Å². The van der Waals surface area contributed by atoms with E-state index in [0.717, 1.165) is 29.5 Å². The maximum Gasteiger partial charge on any atom is 0.243 e. The van der Waals surface area contributed by atoms with Crippen molar-refractivity contribution in [3.8, 4) is 0 Å². The molecule has 0 saturated carbocycles. The molecule has 0 aliphatic carbocycles. The molecule has 3 rings (SSSR count). The summed E-state index contributed by atoms with van der Waals surface area (Å²) in [6.45, 7) is 6.49. The number of amides is 2. The number of benzene rings is 3. The number of hydrogen-bond acceptors (Lipinski definition) is 4. The van der Waals surface area contributed by atoms with Crippen LogP contribution < -0.4 is 9.62 Å². The van der Waals surface area contributed by atoms with E-state index in [-0.39, 0.29) is 37.7 Å². The quantitative estimate of drug-likeness (QED) is 0.186. The Morgan fingerprint density at radius 2 is 1.56 bits per heavy atom. The molecule has 0 spiro atoms. The zero-order valence-electron chi connectivity index (χ0n) is 25.3. The summed E-state index contributed by atoms with van der Waals surface area (Å²) in [5.41, 5.74) is 3.88. The maximum atomic E-state index is 14.0. The number of nitrogens with one attached hydrogen (secondary N) is 1. The molecule has 232 valence electrons. The second-order valence-electron chi connectivity index (χ2n) is 10.7. The number of rotatable bonds is 15. The van der Waals surface area contributed by atoms with Crippen LogP contribution in [0, 0.1) is 13.8 Å². The average Bonchev–Trinajstić information content (AvgIpc) is 2.96. The van der Waals surface area contributed by atoms with Gasteiger partial charge < -0.3 is 10.2 Å². The predicted octanol–water partition coefficient (Wildman–Crippen LogP) is 6.71. The smallest absolute Gasteiger partial charge is 0.243 e. The lowest BCUT2D eigenvalue weighted by Gasteiger charge is -2.32. The fourth-order valence-electron chi connectivity index (χ4n) is 4.90. The van der Waals surface area contributed by atoms with Gasteiger partial charge in [0.1, 0.15) is 6.04 Å². The zero-order valence-corrected chi connectivity index (χ0v) is 27.6. The van der Waals surface area contributed by atoms with Crippen molar-refractivity contribution >= 4 is 50.7 Å². The zero-order chi connectivity index (χ0) is 31.6. The molecular weight excluding hydrogens is 605 g/mol. The molecule has 10 heteroatoms. The second-order valence-corrected chi connectivity index (χ2v) is 13.5. The van der Waals surface area contributed by atoms with Gasteiger partial charge in [0.15, 0.2) is 0 Å². The third-order valence-electron chi connectivity index (χ3n) is 7.49. The molecular formula is C33H41Cl2N3O4S. The summed E-state index contributed by atoms with van der Waals surface area (Å²) in [7, 11) is -3.61. The summed E-state index contributed by atoms with van der Waals surface area (Å²) < 4.78 is 26.9. The first-order valence-corrected chi connectivity index (χ1v) is 17.1. The van der Waals surface area contributed by atoms with Crippen molar-refractivity contribution in [3.05, 3.63) is 99.0 Å². The first-order chi connectivity index (χ1) is 20.4. The first kappa shape index (κ1) is 34.4. The number of anilines is 1. The molecule has 0 saturated heterocycles. The summed E-state index contributed by atoms with van der Waals surface area (Å²) >= 11 is 13.0. The van der Waals surface area contributed by atoms with Crippen molar-refractivity contribution in [2.75, 3.05) is 23.7 Å². The molecule has 0 radical (unpaired) electrons. The van der Waals surface area contributed by atoms with Crippen LogP contribution >= 0.6 is 23.2 Å². The summed E-state index contributed by atoms with van der Waals surface area (Å²) in [5.74, 6) is -0.557. The number of hydrogen-bond donors (Lipinski definition) is 1. The predicted molar refractivity (Wildman–Crippen MR) is 176 cm³/mol. The molecule has 0 aliphatic rings. The minimum atomic E-state index is -3.61. The van der Waals surface area contributed by atoms with Gasteiger partial charge in [0.2, 0.25) is 21.8 Å². The molecule has 0 unspecified atom stereocenters. The SMILES string of the molecule is CCCCNC(=O)[C@@H](Cc1ccccc1)N(Cc1c(Cl)cccc1Cl)C(=O)CCCN(c1cccc(C)c1C)S(C)(=O)=O. The van der Waals surface area contributed by atoms with E-state index in [9.17, 15) is 18.0 Å². The number of aryl methyl sites for hydroxylation is 1. The Labute approximate surface area is 266 Å². The van der Waals surface area contributed by atoms with Gasteiger partial charge in [-0.3, -0.25) is 13.9 Å². The molecule has 0 heterocycles. The average molecular weight is 647 g/mol. The van der Waals surface area contributed by atoms with Gasteiger partial charge in [0, 0.05) is 48.1 Å². The van der Waals surface area contributed by atoms with E-state index in [0.29, 0.717) is 34.3 Å². The van der Waals surface area contributed by atoms with E-state index in [2.05, 4.69) is 5.32 Å². The fraction of sp³-hybridized carbons (Fsp3) is 0.394. The molecule has 43 heavy (non-hydrogen) atoms. The standard InChI is InChI=1S/C33H41Cl2N3O4S/c1-5-6-20-36-33(40)31(22-26-14-8-7-9-15-26)37(23-27-28(34)16-11-17-29(27)35)32(39)19-12-21-38(43(4,41)42)30-18-10-13-24(2)25(30)3/h7-11,13-18,31H,5-6,12,19-23H2,1-4H3,(H,36,40)/t31-/m1/s1. The van der Waals surface area contributed by atoms with Gasteiger partial charge in [0.25, 0.3) is 0 Å². The highest BCUT2D eigenvalue weighted by atomic mass is 35.5. The van der Waals surface area contributed by atoms with Crippen LogP contribution in [-0.2, 0) is 32.6 Å². The van der Waals surface area contributed by atoms with Crippen LogP contribution in [0.5, 0.6) is 0 Å². The van der Waals surface area contributed by atoms with E-state index < -0.39 is 16.1 Å². The lowest BCUT2D eigenvalue weighted by molar-refractivity contribution is -0.141. The van der Waals surface area contributed by atoms with Crippen molar-refractivity contribution < 1.29 is 18.0 Å². The Morgan fingerprint density at radius 3 is 2.19 bits per heavy atom. The Bertz CT molecular complexity index is 1480. The first-order valence-electron chi connectivity index (χ1n) is 14.5. The van der Waals surface area contributed by atoms with Crippen molar-refractivity contribution in [2.45, 2.75) is 65.5 Å². The molecule has 0 aromatic heterocycles. The van der Waals surface area contributed by atoms with Gasteiger partial charge in [-0.1, -0.05) is 85.1 Å². The van der Waals surface area contributed by atoms with Gasteiger partial charge in [-0.15, -0.1) is 0 Å². The van der Waals surface area contributed by atoms with Crippen molar-refractivity contribution in [2.24, 2.45) is 0 Å². The number of carbonyl (C=O) groups excluding carboxylic acids is 2. The van der Waals surface area contributed by atoms with Crippen LogP contribution in [0.3, 0.4) is 0 Å². The minimum Gasteiger partial charge on any atom is -0.354 e. The number of nitrogens with zero attached hydrogens (tertiary/aromatic N) is 2.